The maximum atomic E-state index is 2.51. The first-order valence-corrected chi connectivity index (χ1v) is 5.30. The molecule has 0 radical (unpaired) electrons. The lowest BCUT2D eigenvalue weighted by molar-refractivity contribution is 0.834. The molecule has 1 heteroatoms. The molecule has 0 bridgehead atoms. The Bertz CT molecular complexity index is 324. The standard InChI is InChI=1S/C12H15N/c1-2-8-13(7-1)12-6-5-10-3-4-11(10)9-12/h5-6,9H,1-4,7-8H2. The van der Waals surface area contributed by atoms with Crippen molar-refractivity contribution < 1.29 is 0 Å². The first-order chi connectivity index (χ1) is 6.43. The minimum Gasteiger partial charge on any atom is -0.372 e. The number of aryl methyl sites for hydroxylation is 2. The van der Waals surface area contributed by atoms with E-state index >= 15 is 0 Å². The summed E-state index contributed by atoms with van der Waals surface area (Å²) in [4.78, 5) is 2.51. The van der Waals surface area contributed by atoms with E-state index in [9.17, 15) is 0 Å². The van der Waals surface area contributed by atoms with Crippen LogP contribution in [0.25, 0.3) is 0 Å². The highest BCUT2D eigenvalue weighted by molar-refractivity contribution is 5.54. The van der Waals surface area contributed by atoms with Crippen molar-refractivity contribution in [2.45, 2.75) is 25.7 Å². The molecule has 0 saturated carbocycles. The van der Waals surface area contributed by atoms with Gasteiger partial charge in [-0.2, -0.15) is 0 Å². The Morgan fingerprint density at radius 3 is 2.31 bits per heavy atom. The van der Waals surface area contributed by atoms with E-state index in [1.54, 1.807) is 11.1 Å². The van der Waals surface area contributed by atoms with Crippen molar-refractivity contribution in [2.24, 2.45) is 0 Å². The lowest BCUT2D eigenvalue weighted by Crippen LogP contribution is -2.19. The van der Waals surface area contributed by atoms with Crippen LogP contribution in [0.5, 0.6) is 0 Å². The van der Waals surface area contributed by atoms with E-state index in [4.69, 9.17) is 0 Å². The molecule has 1 fully saturated rings. The summed E-state index contributed by atoms with van der Waals surface area (Å²) in [5.74, 6) is 0. The molecule has 13 heavy (non-hydrogen) atoms. The molecule has 1 aliphatic heterocycles. The van der Waals surface area contributed by atoms with E-state index in [-0.39, 0.29) is 0 Å². The second kappa shape index (κ2) is 2.76. The minimum atomic E-state index is 1.26. The van der Waals surface area contributed by atoms with Crippen LogP contribution in [0.3, 0.4) is 0 Å². The predicted molar refractivity (Wildman–Crippen MR) is 55.3 cm³/mol. The third-order valence-corrected chi connectivity index (χ3v) is 3.32. The highest BCUT2D eigenvalue weighted by atomic mass is 15.1. The Morgan fingerprint density at radius 1 is 0.923 bits per heavy atom. The van der Waals surface area contributed by atoms with Crippen molar-refractivity contribution in [1.29, 1.82) is 0 Å². The summed E-state index contributed by atoms with van der Waals surface area (Å²) in [6.45, 7) is 2.53. The summed E-state index contributed by atoms with van der Waals surface area (Å²) in [5, 5.41) is 0. The fourth-order valence-corrected chi connectivity index (χ4v) is 2.35. The molecule has 1 nitrogen and oxygen atoms in total. The second-order valence-corrected chi connectivity index (χ2v) is 4.15. The van der Waals surface area contributed by atoms with Crippen LogP contribution in [-0.2, 0) is 12.8 Å². The van der Waals surface area contributed by atoms with Crippen molar-refractivity contribution >= 4 is 5.69 Å². The Morgan fingerprint density at radius 2 is 1.69 bits per heavy atom. The van der Waals surface area contributed by atoms with Gasteiger partial charge in [0.1, 0.15) is 0 Å². The van der Waals surface area contributed by atoms with Crippen LogP contribution < -0.4 is 4.90 Å². The van der Waals surface area contributed by atoms with Gasteiger partial charge in [0, 0.05) is 18.8 Å². The number of anilines is 1. The molecule has 0 N–H and O–H groups in total. The molecule has 3 rings (SSSR count). The highest BCUT2D eigenvalue weighted by Gasteiger charge is 2.17. The monoisotopic (exact) mass is 173 g/mol. The molecule has 1 saturated heterocycles. The molecular weight excluding hydrogens is 158 g/mol. The van der Waals surface area contributed by atoms with E-state index in [1.807, 2.05) is 0 Å². The first-order valence-electron chi connectivity index (χ1n) is 5.30. The van der Waals surface area contributed by atoms with Gasteiger partial charge in [0.05, 0.1) is 0 Å². The summed E-state index contributed by atoms with van der Waals surface area (Å²) in [7, 11) is 0. The summed E-state index contributed by atoms with van der Waals surface area (Å²) in [6.07, 6.45) is 5.35. The fourth-order valence-electron chi connectivity index (χ4n) is 2.35. The lowest BCUT2D eigenvalue weighted by atomic mass is 9.88. The topological polar surface area (TPSA) is 3.24 Å². The summed E-state index contributed by atoms with van der Waals surface area (Å²) < 4.78 is 0. The Kier molecular flexibility index (Phi) is 1.58. The predicted octanol–water partition coefficient (Wildman–Crippen LogP) is 2.39. The van der Waals surface area contributed by atoms with Gasteiger partial charge >= 0.3 is 0 Å². The minimum absolute atomic E-state index is 1.26. The maximum Gasteiger partial charge on any atom is 0.0369 e. The van der Waals surface area contributed by atoms with Gasteiger partial charge in [-0.25, -0.2) is 0 Å². The molecule has 2 aliphatic rings. The van der Waals surface area contributed by atoms with Gasteiger partial charge in [-0.1, -0.05) is 6.07 Å². The van der Waals surface area contributed by atoms with Gasteiger partial charge in [-0.15, -0.1) is 0 Å². The SMILES string of the molecule is c1cc2c(cc1N1CCCC1)CC2. The number of hydrogen-bond acceptors (Lipinski definition) is 1. The molecule has 1 aromatic carbocycles. The third kappa shape index (κ3) is 1.14. The summed E-state index contributed by atoms with van der Waals surface area (Å²) in [5.41, 5.74) is 4.61. The van der Waals surface area contributed by atoms with E-state index < -0.39 is 0 Å². The third-order valence-electron chi connectivity index (χ3n) is 3.32. The molecule has 0 unspecified atom stereocenters. The number of hydrogen-bond donors (Lipinski definition) is 0. The van der Waals surface area contributed by atoms with Gasteiger partial charge in [-0.3, -0.25) is 0 Å². The zero-order valence-electron chi connectivity index (χ0n) is 7.92. The molecule has 0 spiro atoms. The van der Waals surface area contributed by atoms with Gasteiger partial charge in [0.2, 0.25) is 0 Å². The van der Waals surface area contributed by atoms with Crippen molar-refractivity contribution in [2.75, 3.05) is 18.0 Å². The van der Waals surface area contributed by atoms with E-state index in [0.29, 0.717) is 0 Å². The van der Waals surface area contributed by atoms with E-state index in [2.05, 4.69) is 23.1 Å². The Hall–Kier alpha value is -0.980. The van der Waals surface area contributed by atoms with Gasteiger partial charge in [0.15, 0.2) is 0 Å². The van der Waals surface area contributed by atoms with Crippen LogP contribution in [0.4, 0.5) is 5.69 Å². The van der Waals surface area contributed by atoms with Crippen molar-refractivity contribution in [3.8, 4) is 0 Å². The van der Waals surface area contributed by atoms with Gasteiger partial charge < -0.3 is 4.90 Å². The molecule has 0 amide bonds. The van der Waals surface area contributed by atoms with Crippen molar-refractivity contribution in [1.82, 2.24) is 0 Å². The molecule has 1 aliphatic carbocycles. The zero-order valence-corrected chi connectivity index (χ0v) is 7.92. The average molecular weight is 173 g/mol. The quantitative estimate of drug-likeness (QED) is 0.630. The summed E-state index contributed by atoms with van der Waals surface area (Å²) >= 11 is 0. The molecular formula is C12H15N. The second-order valence-electron chi connectivity index (χ2n) is 4.15. The highest BCUT2D eigenvalue weighted by Crippen LogP contribution is 2.29. The largest absolute Gasteiger partial charge is 0.372 e. The number of nitrogens with zero attached hydrogens (tertiary/aromatic N) is 1. The van der Waals surface area contributed by atoms with E-state index in [1.165, 1.54) is 44.5 Å². The molecule has 68 valence electrons. The van der Waals surface area contributed by atoms with E-state index in [0.717, 1.165) is 0 Å². The van der Waals surface area contributed by atoms with Crippen molar-refractivity contribution in [3.63, 3.8) is 0 Å². The van der Waals surface area contributed by atoms with Crippen LogP contribution >= 0.6 is 0 Å². The maximum absolute atomic E-state index is 2.51. The van der Waals surface area contributed by atoms with Gasteiger partial charge in [0.25, 0.3) is 0 Å². The number of benzene rings is 1. The first kappa shape index (κ1) is 7.43. The van der Waals surface area contributed by atoms with Crippen LogP contribution in [0, 0.1) is 0 Å². The van der Waals surface area contributed by atoms with Crippen LogP contribution in [0.15, 0.2) is 18.2 Å². The number of fused-ring (bicyclic) bond motifs is 1. The Balaban J connectivity index is 1.91. The Labute approximate surface area is 79.4 Å². The van der Waals surface area contributed by atoms with Gasteiger partial charge in [-0.05, 0) is 48.9 Å². The van der Waals surface area contributed by atoms with Crippen LogP contribution in [-0.4, -0.2) is 13.1 Å². The zero-order chi connectivity index (χ0) is 8.67. The average Bonchev–Trinajstić information content (AvgIpc) is 2.59. The lowest BCUT2D eigenvalue weighted by Gasteiger charge is -2.24. The van der Waals surface area contributed by atoms with Crippen LogP contribution in [0.2, 0.25) is 0 Å². The van der Waals surface area contributed by atoms with Crippen molar-refractivity contribution in [3.05, 3.63) is 29.3 Å². The molecule has 0 aromatic heterocycles. The molecule has 0 atom stereocenters. The summed E-state index contributed by atoms with van der Waals surface area (Å²) in [6, 6.07) is 7.00. The normalized spacial score (nSPS) is 19.8. The molecule has 1 aromatic rings. The fraction of sp³-hybridized carbons (Fsp3) is 0.500. The molecule has 1 heterocycles. The smallest absolute Gasteiger partial charge is 0.0369 e. The van der Waals surface area contributed by atoms with Crippen LogP contribution in [0.1, 0.15) is 24.0 Å². The number of rotatable bonds is 1.